The van der Waals surface area contributed by atoms with E-state index in [4.69, 9.17) is 10.5 Å². The van der Waals surface area contributed by atoms with Gasteiger partial charge in [0.15, 0.2) is 5.95 Å². The van der Waals surface area contributed by atoms with E-state index in [1.54, 1.807) is 0 Å². The Balaban J connectivity index is 2.14. The number of nitrogens with two attached hydrogens (primary N) is 1. The van der Waals surface area contributed by atoms with E-state index in [9.17, 15) is 0 Å². The molecule has 0 aliphatic carbocycles. The zero-order valence-electron chi connectivity index (χ0n) is 7.86. The summed E-state index contributed by atoms with van der Waals surface area (Å²) < 4.78 is 7.16. The number of nitrogens with zero attached hydrogens (tertiary/aromatic N) is 2. The molecule has 0 aromatic carbocycles. The Morgan fingerprint density at radius 3 is 2.77 bits per heavy atom. The van der Waals surface area contributed by atoms with Crippen molar-refractivity contribution >= 4 is 5.95 Å². The van der Waals surface area contributed by atoms with Gasteiger partial charge in [-0.15, -0.1) is 0 Å². The Hall–Kier alpha value is -1.03. The zero-order chi connectivity index (χ0) is 9.26. The van der Waals surface area contributed by atoms with Crippen LogP contribution in [0.5, 0.6) is 0 Å². The smallest absolute Gasteiger partial charge is 0.200 e. The number of ether oxygens (including phenoxy) is 1. The lowest BCUT2D eigenvalue weighted by Crippen LogP contribution is -2.14. The molecular weight excluding hydrogens is 166 g/mol. The maximum atomic E-state index is 5.67. The molecule has 0 saturated carbocycles. The summed E-state index contributed by atoms with van der Waals surface area (Å²) in [6, 6.07) is 0. The molecule has 0 radical (unpaired) electrons. The summed E-state index contributed by atoms with van der Waals surface area (Å²) in [5, 5.41) is 0. The fourth-order valence-electron chi connectivity index (χ4n) is 1.69. The third-order valence-corrected chi connectivity index (χ3v) is 2.57. The third kappa shape index (κ3) is 1.67. The lowest BCUT2D eigenvalue weighted by Gasteiger charge is -2.19. The molecule has 1 fully saturated rings. The van der Waals surface area contributed by atoms with Crippen molar-refractivity contribution in [1.82, 2.24) is 9.55 Å². The standard InChI is InChI=1S/C9H15N3O/c1-12-6-8(11-9(12)10)7-2-4-13-5-3-7/h6-7H,2-5H2,1H3,(H2,10,11). The largest absolute Gasteiger partial charge is 0.381 e. The van der Waals surface area contributed by atoms with Crippen molar-refractivity contribution < 1.29 is 4.74 Å². The maximum Gasteiger partial charge on any atom is 0.200 e. The Morgan fingerprint density at radius 2 is 2.23 bits per heavy atom. The third-order valence-electron chi connectivity index (χ3n) is 2.57. The van der Waals surface area contributed by atoms with Crippen LogP contribution in [0.15, 0.2) is 6.20 Å². The Morgan fingerprint density at radius 1 is 1.54 bits per heavy atom. The number of nitrogen functional groups attached to an aromatic ring is 1. The molecule has 2 N–H and O–H groups in total. The highest BCUT2D eigenvalue weighted by atomic mass is 16.5. The summed E-state index contributed by atoms with van der Waals surface area (Å²) >= 11 is 0. The van der Waals surface area contributed by atoms with Crippen LogP contribution in [-0.4, -0.2) is 22.8 Å². The molecule has 1 aromatic rings. The first-order chi connectivity index (χ1) is 6.27. The molecule has 1 aliphatic rings. The summed E-state index contributed by atoms with van der Waals surface area (Å²) in [7, 11) is 1.92. The molecule has 1 saturated heterocycles. The molecular formula is C9H15N3O. The van der Waals surface area contributed by atoms with Crippen molar-refractivity contribution in [2.75, 3.05) is 18.9 Å². The molecule has 2 heterocycles. The predicted octanol–water partition coefficient (Wildman–Crippen LogP) is 0.896. The van der Waals surface area contributed by atoms with Crippen LogP contribution < -0.4 is 5.73 Å². The average Bonchev–Trinajstić information content (AvgIpc) is 2.49. The van der Waals surface area contributed by atoms with Crippen molar-refractivity contribution in [2.24, 2.45) is 7.05 Å². The first-order valence-corrected chi connectivity index (χ1v) is 4.64. The molecule has 0 spiro atoms. The van der Waals surface area contributed by atoms with Gasteiger partial charge < -0.3 is 15.0 Å². The van der Waals surface area contributed by atoms with Gasteiger partial charge >= 0.3 is 0 Å². The monoisotopic (exact) mass is 181 g/mol. The molecule has 0 bridgehead atoms. The van der Waals surface area contributed by atoms with Crippen molar-refractivity contribution in [3.8, 4) is 0 Å². The molecule has 4 heteroatoms. The van der Waals surface area contributed by atoms with Gasteiger partial charge in [-0.3, -0.25) is 0 Å². The van der Waals surface area contributed by atoms with E-state index in [-0.39, 0.29) is 0 Å². The van der Waals surface area contributed by atoms with Crippen LogP contribution in [-0.2, 0) is 11.8 Å². The number of hydrogen-bond acceptors (Lipinski definition) is 3. The van der Waals surface area contributed by atoms with E-state index in [1.165, 1.54) is 0 Å². The highest BCUT2D eigenvalue weighted by Gasteiger charge is 2.18. The first kappa shape index (κ1) is 8.56. The summed E-state index contributed by atoms with van der Waals surface area (Å²) in [6.45, 7) is 1.70. The van der Waals surface area contributed by atoms with Gasteiger partial charge in [0.25, 0.3) is 0 Å². The van der Waals surface area contributed by atoms with Crippen LogP contribution in [0.1, 0.15) is 24.5 Å². The van der Waals surface area contributed by atoms with Crippen molar-refractivity contribution in [3.05, 3.63) is 11.9 Å². The van der Waals surface area contributed by atoms with Crippen LogP contribution >= 0.6 is 0 Å². The van der Waals surface area contributed by atoms with E-state index in [0.717, 1.165) is 31.7 Å². The van der Waals surface area contributed by atoms with Gasteiger partial charge in [-0.1, -0.05) is 0 Å². The van der Waals surface area contributed by atoms with E-state index in [1.807, 2.05) is 17.8 Å². The number of rotatable bonds is 1. The molecule has 0 amide bonds. The second-order valence-electron chi connectivity index (χ2n) is 3.52. The molecule has 1 aliphatic heterocycles. The van der Waals surface area contributed by atoms with E-state index in [2.05, 4.69) is 4.98 Å². The zero-order valence-corrected chi connectivity index (χ0v) is 7.86. The van der Waals surface area contributed by atoms with Gasteiger partial charge in [0, 0.05) is 32.4 Å². The second kappa shape index (κ2) is 3.38. The van der Waals surface area contributed by atoms with Crippen LogP contribution in [0.25, 0.3) is 0 Å². The van der Waals surface area contributed by atoms with Gasteiger partial charge in [0.2, 0.25) is 0 Å². The molecule has 0 unspecified atom stereocenters. The topological polar surface area (TPSA) is 53.1 Å². The Bertz CT molecular complexity index is 270. The Kier molecular flexibility index (Phi) is 2.22. The van der Waals surface area contributed by atoms with E-state index in [0.29, 0.717) is 11.9 Å². The lowest BCUT2D eigenvalue weighted by molar-refractivity contribution is 0.0846. The van der Waals surface area contributed by atoms with Gasteiger partial charge in [0.05, 0.1) is 5.69 Å². The van der Waals surface area contributed by atoms with Crippen LogP contribution in [0.2, 0.25) is 0 Å². The van der Waals surface area contributed by atoms with Crippen LogP contribution in [0.3, 0.4) is 0 Å². The number of imidazole rings is 1. The maximum absolute atomic E-state index is 5.67. The normalized spacial score (nSPS) is 19.2. The number of aryl methyl sites for hydroxylation is 1. The quantitative estimate of drug-likeness (QED) is 0.700. The molecule has 0 atom stereocenters. The van der Waals surface area contributed by atoms with Crippen molar-refractivity contribution in [3.63, 3.8) is 0 Å². The lowest BCUT2D eigenvalue weighted by atomic mass is 9.97. The summed E-state index contributed by atoms with van der Waals surface area (Å²) in [5.74, 6) is 1.14. The number of anilines is 1. The average molecular weight is 181 g/mol. The fraction of sp³-hybridized carbons (Fsp3) is 0.667. The number of hydrogen-bond donors (Lipinski definition) is 1. The minimum atomic E-state index is 0.539. The molecule has 72 valence electrons. The van der Waals surface area contributed by atoms with Gasteiger partial charge in [-0.2, -0.15) is 0 Å². The fourth-order valence-corrected chi connectivity index (χ4v) is 1.69. The highest BCUT2D eigenvalue weighted by Crippen LogP contribution is 2.26. The van der Waals surface area contributed by atoms with Crippen LogP contribution in [0.4, 0.5) is 5.95 Å². The number of aromatic nitrogens is 2. The molecule has 13 heavy (non-hydrogen) atoms. The minimum absolute atomic E-state index is 0.539. The van der Waals surface area contributed by atoms with Gasteiger partial charge in [-0.05, 0) is 12.8 Å². The SMILES string of the molecule is Cn1cc(C2CCOCC2)nc1N. The minimum Gasteiger partial charge on any atom is -0.381 e. The summed E-state index contributed by atoms with van der Waals surface area (Å²) in [4.78, 5) is 4.32. The van der Waals surface area contributed by atoms with E-state index >= 15 is 0 Å². The van der Waals surface area contributed by atoms with Crippen molar-refractivity contribution in [1.29, 1.82) is 0 Å². The molecule has 2 rings (SSSR count). The molecule has 4 nitrogen and oxygen atoms in total. The van der Waals surface area contributed by atoms with Crippen molar-refractivity contribution in [2.45, 2.75) is 18.8 Å². The highest BCUT2D eigenvalue weighted by molar-refractivity contribution is 5.23. The van der Waals surface area contributed by atoms with Gasteiger partial charge in [0.1, 0.15) is 0 Å². The summed E-state index contributed by atoms with van der Waals surface area (Å²) in [5.41, 5.74) is 6.78. The van der Waals surface area contributed by atoms with E-state index < -0.39 is 0 Å². The molecule has 1 aromatic heterocycles. The summed E-state index contributed by atoms with van der Waals surface area (Å²) in [6.07, 6.45) is 4.15. The van der Waals surface area contributed by atoms with Gasteiger partial charge in [-0.25, -0.2) is 4.98 Å². The second-order valence-corrected chi connectivity index (χ2v) is 3.52. The van der Waals surface area contributed by atoms with Crippen LogP contribution in [0, 0.1) is 0 Å². The predicted molar refractivity (Wildman–Crippen MR) is 50.4 cm³/mol. The Labute approximate surface area is 77.7 Å². The first-order valence-electron chi connectivity index (χ1n) is 4.64.